The molecule has 0 aliphatic rings. The van der Waals surface area contributed by atoms with Gasteiger partial charge in [0, 0.05) is 29.6 Å². The highest BCUT2D eigenvalue weighted by Gasteiger charge is 2.07. The predicted octanol–water partition coefficient (Wildman–Crippen LogP) is 5.10. The van der Waals surface area contributed by atoms with Gasteiger partial charge in [-0.1, -0.05) is 42.0 Å². The van der Waals surface area contributed by atoms with Gasteiger partial charge in [-0.05, 0) is 38.0 Å². The van der Waals surface area contributed by atoms with E-state index in [9.17, 15) is 4.79 Å². The summed E-state index contributed by atoms with van der Waals surface area (Å²) in [6, 6.07) is 14.2. The van der Waals surface area contributed by atoms with E-state index in [1.807, 2.05) is 32.0 Å². The van der Waals surface area contributed by atoms with Crippen molar-refractivity contribution >= 4 is 23.1 Å². The van der Waals surface area contributed by atoms with Gasteiger partial charge in [-0.15, -0.1) is 11.3 Å². The lowest BCUT2D eigenvalue weighted by atomic mass is 10.1. The molecule has 0 atom stereocenters. The van der Waals surface area contributed by atoms with Gasteiger partial charge in [-0.25, -0.2) is 9.78 Å². The summed E-state index contributed by atoms with van der Waals surface area (Å²) in [6.45, 7) is 6.62. The molecule has 0 saturated carbocycles. The number of aromatic nitrogens is 1. The lowest BCUT2D eigenvalue weighted by Crippen LogP contribution is -2.30. The quantitative estimate of drug-likeness (QED) is 0.661. The summed E-state index contributed by atoms with van der Waals surface area (Å²) >= 11 is 1.63. The van der Waals surface area contributed by atoms with Crippen molar-refractivity contribution in [2.24, 2.45) is 0 Å². The van der Waals surface area contributed by atoms with E-state index in [0.29, 0.717) is 13.0 Å². The topological polar surface area (TPSA) is 54.0 Å². The molecule has 134 valence electrons. The number of urea groups is 1. The van der Waals surface area contributed by atoms with Crippen molar-refractivity contribution in [1.29, 1.82) is 0 Å². The van der Waals surface area contributed by atoms with Gasteiger partial charge in [0.2, 0.25) is 0 Å². The second kappa shape index (κ2) is 8.15. The number of benzene rings is 2. The summed E-state index contributed by atoms with van der Waals surface area (Å²) in [5.74, 6) is 0. The Balaban J connectivity index is 1.51. The van der Waals surface area contributed by atoms with Crippen LogP contribution in [0.15, 0.2) is 47.8 Å². The third kappa shape index (κ3) is 4.70. The minimum atomic E-state index is -0.187. The van der Waals surface area contributed by atoms with E-state index < -0.39 is 0 Å². The SMILES string of the molecule is Cc1ccc(-c2nc(CCNC(=O)Nc3cc(C)ccc3C)cs2)cc1. The van der Waals surface area contributed by atoms with Crippen LogP contribution in [0.1, 0.15) is 22.4 Å². The van der Waals surface area contributed by atoms with Crippen molar-refractivity contribution < 1.29 is 4.79 Å². The van der Waals surface area contributed by atoms with Crippen LogP contribution in [0.4, 0.5) is 10.5 Å². The fraction of sp³-hybridized carbons (Fsp3) is 0.238. The molecule has 2 N–H and O–H groups in total. The Morgan fingerprint density at radius 1 is 1.04 bits per heavy atom. The number of amides is 2. The summed E-state index contributed by atoms with van der Waals surface area (Å²) in [5.41, 5.74) is 6.39. The van der Waals surface area contributed by atoms with Crippen molar-refractivity contribution in [2.45, 2.75) is 27.2 Å². The van der Waals surface area contributed by atoms with Crippen LogP contribution >= 0.6 is 11.3 Å². The standard InChI is InChI=1S/C21H23N3OS/c1-14-5-8-17(9-6-14)20-23-18(13-26-20)10-11-22-21(25)24-19-12-15(2)4-7-16(19)3/h4-9,12-13H,10-11H2,1-3H3,(H2,22,24,25). The van der Waals surface area contributed by atoms with Crippen LogP contribution in [0, 0.1) is 20.8 Å². The van der Waals surface area contributed by atoms with Gasteiger partial charge in [0.05, 0.1) is 5.69 Å². The normalized spacial score (nSPS) is 10.6. The fourth-order valence-electron chi connectivity index (χ4n) is 2.59. The lowest BCUT2D eigenvalue weighted by molar-refractivity contribution is 0.252. The van der Waals surface area contributed by atoms with Crippen LogP contribution in [-0.4, -0.2) is 17.6 Å². The monoisotopic (exact) mass is 365 g/mol. The molecule has 1 aromatic heterocycles. The van der Waals surface area contributed by atoms with Gasteiger partial charge in [0.15, 0.2) is 0 Å². The van der Waals surface area contributed by atoms with Gasteiger partial charge < -0.3 is 10.6 Å². The summed E-state index contributed by atoms with van der Waals surface area (Å²) in [4.78, 5) is 16.7. The number of carbonyl (C=O) groups is 1. The van der Waals surface area contributed by atoms with Gasteiger partial charge in [-0.2, -0.15) is 0 Å². The molecular weight excluding hydrogens is 342 g/mol. The van der Waals surface area contributed by atoms with Crippen LogP contribution in [0.2, 0.25) is 0 Å². The maximum atomic E-state index is 12.1. The molecule has 0 bridgehead atoms. The van der Waals surface area contributed by atoms with Crippen LogP contribution in [0.3, 0.4) is 0 Å². The zero-order chi connectivity index (χ0) is 18.5. The van der Waals surface area contributed by atoms with E-state index in [-0.39, 0.29) is 6.03 Å². The van der Waals surface area contributed by atoms with E-state index in [1.165, 1.54) is 5.56 Å². The second-order valence-electron chi connectivity index (χ2n) is 6.46. The van der Waals surface area contributed by atoms with Gasteiger partial charge in [0.25, 0.3) is 0 Å². The molecule has 0 unspecified atom stereocenters. The third-order valence-corrected chi connectivity index (χ3v) is 5.10. The number of carbonyl (C=O) groups excluding carboxylic acids is 1. The molecule has 5 heteroatoms. The molecule has 0 aliphatic heterocycles. The largest absolute Gasteiger partial charge is 0.337 e. The number of rotatable bonds is 5. The van der Waals surface area contributed by atoms with E-state index in [0.717, 1.165) is 33.1 Å². The first-order chi connectivity index (χ1) is 12.5. The average molecular weight is 366 g/mol. The average Bonchev–Trinajstić information content (AvgIpc) is 3.08. The van der Waals surface area contributed by atoms with Crippen LogP contribution in [0.25, 0.3) is 10.6 Å². The van der Waals surface area contributed by atoms with Crippen molar-refractivity contribution in [3.8, 4) is 10.6 Å². The van der Waals surface area contributed by atoms with Crippen LogP contribution in [-0.2, 0) is 6.42 Å². The van der Waals surface area contributed by atoms with Gasteiger partial charge >= 0.3 is 6.03 Å². The highest BCUT2D eigenvalue weighted by Crippen LogP contribution is 2.24. The van der Waals surface area contributed by atoms with E-state index >= 15 is 0 Å². The zero-order valence-electron chi connectivity index (χ0n) is 15.3. The molecule has 2 aromatic carbocycles. The fourth-order valence-corrected chi connectivity index (χ4v) is 3.45. The first kappa shape index (κ1) is 18.1. The molecule has 0 saturated heterocycles. The van der Waals surface area contributed by atoms with Crippen molar-refractivity contribution in [3.63, 3.8) is 0 Å². The Labute approximate surface area is 158 Å². The summed E-state index contributed by atoms with van der Waals surface area (Å²) < 4.78 is 0. The number of anilines is 1. The van der Waals surface area contributed by atoms with Crippen LogP contribution < -0.4 is 10.6 Å². The van der Waals surface area contributed by atoms with E-state index in [4.69, 9.17) is 0 Å². The Bertz CT molecular complexity index is 900. The molecule has 4 nitrogen and oxygen atoms in total. The third-order valence-electron chi connectivity index (χ3n) is 4.16. The second-order valence-corrected chi connectivity index (χ2v) is 7.32. The summed E-state index contributed by atoms with van der Waals surface area (Å²) in [7, 11) is 0. The molecule has 26 heavy (non-hydrogen) atoms. The first-order valence-electron chi connectivity index (χ1n) is 8.65. The Morgan fingerprint density at radius 3 is 2.54 bits per heavy atom. The Hall–Kier alpha value is -2.66. The summed E-state index contributed by atoms with van der Waals surface area (Å²) in [5, 5.41) is 8.87. The van der Waals surface area contributed by atoms with Crippen LogP contribution in [0.5, 0.6) is 0 Å². The molecule has 0 aliphatic carbocycles. The number of nitrogens with one attached hydrogen (secondary N) is 2. The number of hydrogen-bond acceptors (Lipinski definition) is 3. The summed E-state index contributed by atoms with van der Waals surface area (Å²) in [6.07, 6.45) is 0.711. The minimum absolute atomic E-state index is 0.187. The zero-order valence-corrected chi connectivity index (χ0v) is 16.1. The van der Waals surface area contributed by atoms with Crippen molar-refractivity contribution in [3.05, 3.63) is 70.2 Å². The molecule has 0 fully saturated rings. The van der Waals surface area contributed by atoms with E-state index in [1.54, 1.807) is 11.3 Å². The van der Waals surface area contributed by atoms with E-state index in [2.05, 4.69) is 52.2 Å². The number of aryl methyl sites for hydroxylation is 3. The maximum Gasteiger partial charge on any atom is 0.319 e. The van der Waals surface area contributed by atoms with Gasteiger partial charge in [-0.3, -0.25) is 0 Å². The molecule has 0 radical (unpaired) electrons. The highest BCUT2D eigenvalue weighted by atomic mass is 32.1. The minimum Gasteiger partial charge on any atom is -0.337 e. The molecule has 0 spiro atoms. The Kier molecular flexibility index (Phi) is 5.68. The first-order valence-corrected chi connectivity index (χ1v) is 9.53. The molecule has 3 rings (SSSR count). The molecule has 1 heterocycles. The number of nitrogens with zero attached hydrogens (tertiary/aromatic N) is 1. The van der Waals surface area contributed by atoms with Crippen molar-refractivity contribution in [1.82, 2.24) is 10.3 Å². The van der Waals surface area contributed by atoms with Crippen molar-refractivity contribution in [2.75, 3.05) is 11.9 Å². The number of hydrogen-bond donors (Lipinski definition) is 2. The Morgan fingerprint density at radius 2 is 1.77 bits per heavy atom. The lowest BCUT2D eigenvalue weighted by Gasteiger charge is -2.10. The van der Waals surface area contributed by atoms with Gasteiger partial charge in [0.1, 0.15) is 5.01 Å². The molecule has 2 amide bonds. The number of thiazole rings is 1. The highest BCUT2D eigenvalue weighted by molar-refractivity contribution is 7.13. The predicted molar refractivity (Wildman–Crippen MR) is 109 cm³/mol. The molecular formula is C21H23N3OS. The molecule has 3 aromatic rings. The maximum absolute atomic E-state index is 12.1. The smallest absolute Gasteiger partial charge is 0.319 e.